The molecule has 12 nitrogen and oxygen atoms in total. The third kappa shape index (κ3) is 15.9. The van der Waals surface area contributed by atoms with E-state index in [1.54, 1.807) is 0 Å². The molecule has 0 spiro atoms. The predicted molar refractivity (Wildman–Crippen MR) is 302 cm³/mol. The molecule has 0 aliphatic carbocycles. The fourth-order valence-electron chi connectivity index (χ4n) is 10.5. The fraction of sp³-hybridized carbons (Fsp3) is 0.500. The van der Waals surface area contributed by atoms with Gasteiger partial charge in [0, 0.05) is 21.5 Å². The van der Waals surface area contributed by atoms with Crippen molar-refractivity contribution < 1.29 is 274 Å². The van der Waals surface area contributed by atoms with E-state index in [2.05, 4.69) is 48.9 Å². The van der Waals surface area contributed by atoms with Gasteiger partial charge in [0.15, 0.2) is 26.4 Å². The van der Waals surface area contributed by atoms with Gasteiger partial charge in [-0.2, -0.15) is 275 Å². The Morgan fingerprint density at radius 1 is 0.192 bits per heavy atom. The van der Waals surface area contributed by atoms with Crippen LogP contribution in [0.3, 0.4) is 0 Å². The molecule has 0 radical (unpaired) electrons. The topological polar surface area (TPSA) is 124 Å². The van der Waals surface area contributed by atoms with Crippen LogP contribution in [0.2, 0.25) is 0 Å². The second kappa shape index (κ2) is 30.6. The number of ether oxygens (including phenoxy) is 4. The Balaban J connectivity index is 1.37. The molecule has 4 aromatic carbocycles. The van der Waals surface area contributed by atoms with Crippen LogP contribution in [0.1, 0.15) is 11.1 Å². The monoisotopic (exact) mass is 2020 g/mol. The first-order valence-corrected chi connectivity index (χ1v) is 31.6. The van der Waals surface area contributed by atoms with E-state index >= 15 is 35.1 Å². The molecule has 0 fully saturated rings. The minimum atomic E-state index is -8.79. The molecular formula is C60H20F58N8O4. The van der Waals surface area contributed by atoms with Crippen molar-refractivity contribution in [3.05, 3.63) is 83.9 Å². The van der Waals surface area contributed by atoms with E-state index in [-0.39, 0.29) is 45.5 Å². The van der Waals surface area contributed by atoms with Gasteiger partial charge >= 0.3 is 180 Å². The maximum atomic E-state index is 15.2. The summed E-state index contributed by atoms with van der Waals surface area (Å²) in [6.07, 6.45) is -44.1. The van der Waals surface area contributed by atoms with E-state index in [9.17, 15) is 220 Å². The highest BCUT2D eigenvalue weighted by molar-refractivity contribution is 6.12. The van der Waals surface area contributed by atoms with E-state index in [0.29, 0.717) is 36.4 Å². The largest absolute Gasteiger partial charge is 0.460 e. The average Bonchev–Trinajstić information content (AvgIpc) is 1.02. The SMILES string of the molecule is FC(F)(F)c1ccc2c3cc(-c4ccc5c(c4)c4ccc(C(F)(F)F)cc4n5-c4nc(OCC(F)(F)C(F)(F)C(F)(F)C(F)(F)C(F)(F)C(F)(F)F)nc(OCC(F)(F)C(F)(F)C(F)(F)C(F)(F)C(F)(F)C(F)(F)F)n4)ccc3n(-c3nc(OCC(F)(F)C(F)(F)C(F)(F)C(F)(F)C(F)(F)C(F)(F)F)nc(OCC(F)(F)C(F)(F)C(F)(F)C(F)(F)C(F)(F)C(F)(F)F)n3)c2c1. The van der Waals surface area contributed by atoms with Crippen LogP contribution in [0.15, 0.2) is 72.8 Å². The Labute approximate surface area is 668 Å². The summed E-state index contributed by atoms with van der Waals surface area (Å²) in [6, 6.07) is -9.34. The standard InChI is InChI=1S/C60H20F58N8O4/c61-35(62,41(75,76)45(83,84)49(91,92)53(99,100)57(107,108)109)13-127-31-119-29(120-32(123-31)128-14-36(63,64)42(77,78)46(85,86)50(93,94)54(101,102)58(110,111)112)125-25-7-1-17(9-23(25)21-5-3-19(11-27(21)125)39(69,70)71)18-2-8-26-24(10-18)22-6-4-20(40(72,73)74)12-28(22)126(26)30-121-33(129-15-37(65,66)43(79,80)47(87,88)51(95,96)55(103,104)59(113,114)115)124-34(122-30)130-16-38(67,68)44(81,82)48(89,90)52(97,98)56(105,106)60(116,117)118/h1-12H,13-16H2. The summed E-state index contributed by atoms with van der Waals surface area (Å²) in [5, 5.41) is -4.02. The van der Waals surface area contributed by atoms with Crippen molar-refractivity contribution in [2.75, 3.05) is 26.4 Å². The van der Waals surface area contributed by atoms with Crippen molar-refractivity contribution in [3.63, 3.8) is 0 Å². The van der Waals surface area contributed by atoms with E-state index in [1.807, 2.05) is 0 Å². The van der Waals surface area contributed by atoms with Crippen molar-refractivity contribution in [1.82, 2.24) is 39.0 Å². The normalized spacial score (nSPS) is 15.4. The van der Waals surface area contributed by atoms with Gasteiger partial charge in [-0.25, -0.2) is 0 Å². The molecular weight excluding hydrogens is 2000 g/mol. The molecule has 0 aliphatic rings. The maximum Gasteiger partial charge on any atom is 0.460 e. The molecule has 0 saturated carbocycles. The number of hydrogen-bond acceptors (Lipinski definition) is 10. The van der Waals surface area contributed by atoms with Crippen LogP contribution in [-0.4, -0.2) is 209 Å². The maximum absolute atomic E-state index is 15.2. The number of hydrogen-bond donors (Lipinski definition) is 0. The average molecular weight is 2020 g/mol. The number of aromatic nitrogens is 8. The summed E-state index contributed by atoms with van der Waals surface area (Å²) < 4.78 is 835. The highest BCUT2D eigenvalue weighted by atomic mass is 19.5. The summed E-state index contributed by atoms with van der Waals surface area (Å²) in [7, 11) is 0. The first-order valence-electron chi connectivity index (χ1n) is 31.6. The van der Waals surface area contributed by atoms with E-state index in [4.69, 9.17) is 0 Å². The van der Waals surface area contributed by atoms with Gasteiger partial charge in [0.25, 0.3) is 0 Å². The molecule has 730 valence electrons. The molecule has 130 heavy (non-hydrogen) atoms. The molecule has 0 aliphatic heterocycles. The molecule has 8 rings (SSSR count). The third-order valence-corrected chi connectivity index (χ3v) is 17.6. The van der Waals surface area contributed by atoms with Gasteiger partial charge in [-0.15, -0.1) is 9.97 Å². The highest BCUT2D eigenvalue weighted by Crippen LogP contribution is 2.66. The molecule has 0 N–H and O–H groups in total. The molecule has 0 amide bonds. The van der Waals surface area contributed by atoms with Crippen LogP contribution in [0.5, 0.6) is 24.0 Å². The van der Waals surface area contributed by atoms with Crippen LogP contribution in [-0.2, 0) is 12.4 Å². The van der Waals surface area contributed by atoms with Crippen molar-refractivity contribution in [2.24, 2.45) is 0 Å². The van der Waals surface area contributed by atoms with Gasteiger partial charge in [-0.3, -0.25) is 9.13 Å². The van der Waals surface area contributed by atoms with Crippen LogP contribution >= 0.6 is 0 Å². The fourth-order valence-corrected chi connectivity index (χ4v) is 10.5. The van der Waals surface area contributed by atoms with E-state index < -0.39 is 284 Å². The Morgan fingerprint density at radius 2 is 0.385 bits per heavy atom. The van der Waals surface area contributed by atoms with Crippen LogP contribution in [0.4, 0.5) is 255 Å². The zero-order valence-corrected chi connectivity index (χ0v) is 58.9. The quantitative estimate of drug-likeness (QED) is 0.0388. The molecule has 70 heteroatoms. The molecule has 4 heterocycles. The number of rotatable bonds is 31. The third-order valence-electron chi connectivity index (χ3n) is 17.6. The Kier molecular flexibility index (Phi) is 24.7. The van der Waals surface area contributed by atoms with E-state index in [0.717, 1.165) is 0 Å². The smallest absolute Gasteiger partial charge is 0.457 e. The number of benzene rings is 4. The van der Waals surface area contributed by atoms with Gasteiger partial charge in [0.05, 0.1) is 33.2 Å². The van der Waals surface area contributed by atoms with Crippen LogP contribution < -0.4 is 18.9 Å². The zero-order valence-electron chi connectivity index (χ0n) is 58.9. The Morgan fingerprint density at radius 3 is 0.569 bits per heavy atom. The summed E-state index contributed by atoms with van der Waals surface area (Å²) in [5.41, 5.74) is -11.1. The molecule has 0 unspecified atom stereocenters. The zero-order chi connectivity index (χ0) is 101. The van der Waals surface area contributed by atoms with E-state index in [1.165, 1.54) is 0 Å². The molecule has 0 saturated heterocycles. The van der Waals surface area contributed by atoms with Crippen molar-refractivity contribution in [3.8, 4) is 47.1 Å². The lowest BCUT2D eigenvalue weighted by molar-refractivity contribution is -0.440. The summed E-state index contributed by atoms with van der Waals surface area (Å²) in [6.45, 7) is -16.6. The minimum absolute atomic E-state index is 0.0440. The number of nitrogens with zero attached hydrogens (tertiary/aromatic N) is 8. The summed E-state index contributed by atoms with van der Waals surface area (Å²) in [4.78, 5) is 16.2. The minimum Gasteiger partial charge on any atom is -0.457 e. The lowest BCUT2D eigenvalue weighted by Gasteiger charge is -2.39. The first-order chi connectivity index (χ1) is 57.4. The first kappa shape index (κ1) is 105. The Hall–Kier alpha value is -10.4. The molecule has 8 aromatic rings. The molecule has 0 bridgehead atoms. The molecule has 0 atom stereocenters. The van der Waals surface area contributed by atoms with Gasteiger partial charge in [0.2, 0.25) is 11.9 Å². The lowest BCUT2D eigenvalue weighted by Crippen LogP contribution is -2.70. The highest BCUT2D eigenvalue weighted by Gasteiger charge is 2.95. The van der Waals surface area contributed by atoms with Gasteiger partial charge in [0.1, 0.15) is 0 Å². The van der Waals surface area contributed by atoms with Gasteiger partial charge < -0.3 is 18.9 Å². The van der Waals surface area contributed by atoms with Crippen LogP contribution in [0.25, 0.3) is 66.6 Å². The second-order valence-electron chi connectivity index (χ2n) is 26.1. The predicted octanol–water partition coefficient (Wildman–Crippen LogP) is 24.4. The summed E-state index contributed by atoms with van der Waals surface area (Å²) >= 11 is 0. The van der Waals surface area contributed by atoms with Crippen molar-refractivity contribution in [2.45, 2.75) is 156 Å². The Bertz CT molecular complexity index is 5040. The molecule has 4 aromatic heterocycles. The number of alkyl halides is 58. The second-order valence-corrected chi connectivity index (χ2v) is 26.1. The van der Waals surface area contributed by atoms with Gasteiger partial charge in [-0.05, 0) is 59.7 Å². The summed E-state index contributed by atoms with van der Waals surface area (Å²) in [5.74, 6) is -173. The lowest BCUT2D eigenvalue weighted by atomic mass is 9.94. The number of fused-ring (bicyclic) bond motifs is 6. The van der Waals surface area contributed by atoms with Gasteiger partial charge in [-0.1, -0.05) is 24.3 Å². The van der Waals surface area contributed by atoms with Crippen molar-refractivity contribution in [1.29, 1.82) is 0 Å². The number of halogens is 58. The van der Waals surface area contributed by atoms with Crippen molar-refractivity contribution >= 4 is 43.6 Å². The van der Waals surface area contributed by atoms with Crippen LogP contribution in [0, 0.1) is 0 Å².